The average Bonchev–Trinajstić information content (AvgIpc) is 2.58. The Kier molecular flexibility index (Phi) is 5.84. The third-order valence-electron chi connectivity index (χ3n) is 5.10. The fraction of sp³-hybridized carbons (Fsp3) is 0.667. The second-order valence-corrected chi connectivity index (χ2v) is 6.55. The van der Waals surface area contributed by atoms with Crippen LogP contribution in [-0.4, -0.2) is 37.7 Å². The Morgan fingerprint density at radius 3 is 2.43 bits per heavy atom. The van der Waals surface area contributed by atoms with Gasteiger partial charge in [0.2, 0.25) is 0 Å². The summed E-state index contributed by atoms with van der Waals surface area (Å²) in [5, 5.41) is 3.38. The first-order chi connectivity index (χ1) is 11.3. The number of alkyl halides is 2. The predicted molar refractivity (Wildman–Crippen MR) is 86.8 cm³/mol. The molecule has 1 aliphatic carbocycles. The van der Waals surface area contributed by atoms with Gasteiger partial charge in [0.15, 0.2) is 0 Å². The maximum atomic E-state index is 12.8. The SMILES string of the molecule is FC(F)Oc1ccccc1[C@@H](C1CCCCC1)N1CCNCC1. The van der Waals surface area contributed by atoms with E-state index in [1.807, 2.05) is 12.1 Å². The summed E-state index contributed by atoms with van der Waals surface area (Å²) >= 11 is 0. The highest BCUT2D eigenvalue weighted by Gasteiger charge is 2.33. The molecule has 128 valence electrons. The third-order valence-corrected chi connectivity index (χ3v) is 5.10. The van der Waals surface area contributed by atoms with E-state index in [0.717, 1.165) is 31.7 Å². The molecule has 0 bridgehead atoms. The number of para-hydroxylation sites is 1. The molecule has 0 radical (unpaired) electrons. The minimum Gasteiger partial charge on any atom is -0.434 e. The zero-order valence-corrected chi connectivity index (χ0v) is 13.5. The molecule has 1 saturated heterocycles. The van der Waals surface area contributed by atoms with Crippen molar-refractivity contribution in [1.29, 1.82) is 0 Å². The fourth-order valence-electron chi connectivity index (χ4n) is 4.09. The molecule has 1 heterocycles. The van der Waals surface area contributed by atoms with Gasteiger partial charge in [0, 0.05) is 37.8 Å². The Bertz CT molecular complexity index is 468. The van der Waals surface area contributed by atoms with Crippen molar-refractivity contribution in [3.8, 4) is 5.75 Å². The Balaban J connectivity index is 1.90. The molecule has 1 atom stereocenters. The molecule has 1 aromatic carbocycles. The van der Waals surface area contributed by atoms with Crippen LogP contribution in [0, 0.1) is 5.92 Å². The molecule has 1 aliphatic heterocycles. The lowest BCUT2D eigenvalue weighted by Crippen LogP contribution is -2.47. The molecule has 5 heteroatoms. The second-order valence-electron chi connectivity index (χ2n) is 6.55. The van der Waals surface area contributed by atoms with Gasteiger partial charge in [0.05, 0.1) is 0 Å². The quantitative estimate of drug-likeness (QED) is 0.891. The standard InChI is InChI=1S/C18H26F2N2O/c19-18(20)23-16-9-5-4-8-15(16)17(14-6-2-1-3-7-14)22-12-10-21-11-13-22/h4-5,8-9,14,17-18,21H,1-3,6-7,10-13H2/t17-/m1/s1. The maximum absolute atomic E-state index is 12.8. The lowest BCUT2D eigenvalue weighted by atomic mass is 9.80. The summed E-state index contributed by atoms with van der Waals surface area (Å²) in [7, 11) is 0. The number of halogens is 2. The molecule has 23 heavy (non-hydrogen) atoms. The molecule has 2 aliphatic rings. The van der Waals surface area contributed by atoms with Gasteiger partial charge in [-0.15, -0.1) is 0 Å². The van der Waals surface area contributed by atoms with E-state index in [2.05, 4.69) is 10.2 Å². The predicted octanol–water partition coefficient (Wildman–Crippen LogP) is 3.81. The monoisotopic (exact) mass is 324 g/mol. The highest BCUT2D eigenvalue weighted by atomic mass is 19.3. The van der Waals surface area contributed by atoms with Gasteiger partial charge in [0.25, 0.3) is 0 Å². The highest BCUT2D eigenvalue weighted by molar-refractivity contribution is 5.36. The van der Waals surface area contributed by atoms with Crippen LogP contribution in [0.15, 0.2) is 24.3 Å². The number of nitrogens with one attached hydrogen (secondary N) is 1. The number of hydrogen-bond donors (Lipinski definition) is 1. The molecule has 0 unspecified atom stereocenters. The molecular weight excluding hydrogens is 298 g/mol. The van der Waals surface area contributed by atoms with E-state index in [1.54, 1.807) is 12.1 Å². The van der Waals surface area contributed by atoms with E-state index in [9.17, 15) is 8.78 Å². The number of benzene rings is 1. The van der Waals surface area contributed by atoms with E-state index in [1.165, 1.54) is 32.1 Å². The summed E-state index contributed by atoms with van der Waals surface area (Å²) in [6.45, 7) is 1.07. The molecule has 0 amide bonds. The van der Waals surface area contributed by atoms with Crippen molar-refractivity contribution in [2.24, 2.45) is 5.92 Å². The summed E-state index contributed by atoms with van der Waals surface area (Å²) in [6.07, 6.45) is 6.13. The van der Waals surface area contributed by atoms with Crippen LogP contribution in [0.5, 0.6) is 5.75 Å². The average molecular weight is 324 g/mol. The molecule has 2 fully saturated rings. The first kappa shape index (κ1) is 16.7. The Labute approximate surface area is 137 Å². The largest absolute Gasteiger partial charge is 0.434 e. The number of ether oxygens (including phenoxy) is 1. The Hall–Kier alpha value is -1.20. The van der Waals surface area contributed by atoms with Gasteiger partial charge in [-0.1, -0.05) is 37.5 Å². The summed E-state index contributed by atoms with van der Waals surface area (Å²) in [5.74, 6) is 0.876. The number of rotatable bonds is 5. The molecule has 3 nitrogen and oxygen atoms in total. The summed E-state index contributed by atoms with van der Waals surface area (Å²) in [6, 6.07) is 7.55. The van der Waals surface area contributed by atoms with Crippen molar-refractivity contribution in [1.82, 2.24) is 10.2 Å². The van der Waals surface area contributed by atoms with Crippen LogP contribution in [0.1, 0.15) is 43.7 Å². The van der Waals surface area contributed by atoms with Gasteiger partial charge >= 0.3 is 6.61 Å². The van der Waals surface area contributed by atoms with Crippen LogP contribution in [0.4, 0.5) is 8.78 Å². The lowest BCUT2D eigenvalue weighted by molar-refractivity contribution is -0.0518. The highest BCUT2D eigenvalue weighted by Crippen LogP contribution is 2.42. The topological polar surface area (TPSA) is 24.5 Å². The Morgan fingerprint density at radius 1 is 1.04 bits per heavy atom. The number of piperazine rings is 1. The van der Waals surface area contributed by atoms with Gasteiger partial charge in [-0.3, -0.25) is 4.90 Å². The minimum absolute atomic E-state index is 0.187. The van der Waals surface area contributed by atoms with Crippen molar-refractivity contribution in [2.75, 3.05) is 26.2 Å². The fourth-order valence-corrected chi connectivity index (χ4v) is 4.09. The van der Waals surface area contributed by atoms with E-state index in [4.69, 9.17) is 4.74 Å². The molecule has 0 aromatic heterocycles. The van der Waals surface area contributed by atoms with Crippen molar-refractivity contribution >= 4 is 0 Å². The van der Waals surface area contributed by atoms with Crippen molar-refractivity contribution < 1.29 is 13.5 Å². The van der Waals surface area contributed by atoms with Crippen LogP contribution in [0.25, 0.3) is 0 Å². The van der Waals surface area contributed by atoms with Crippen LogP contribution < -0.4 is 10.1 Å². The lowest BCUT2D eigenvalue weighted by Gasteiger charge is -2.41. The molecular formula is C18H26F2N2O. The van der Waals surface area contributed by atoms with Gasteiger partial charge in [-0.25, -0.2) is 0 Å². The van der Waals surface area contributed by atoms with Crippen LogP contribution in [0.2, 0.25) is 0 Å². The van der Waals surface area contributed by atoms with Crippen molar-refractivity contribution in [3.63, 3.8) is 0 Å². The van der Waals surface area contributed by atoms with Crippen LogP contribution in [0.3, 0.4) is 0 Å². The summed E-state index contributed by atoms with van der Waals surface area (Å²) in [5.41, 5.74) is 0.932. The normalized spacial score (nSPS) is 22.2. The summed E-state index contributed by atoms with van der Waals surface area (Å²) < 4.78 is 30.4. The van der Waals surface area contributed by atoms with E-state index < -0.39 is 6.61 Å². The van der Waals surface area contributed by atoms with Crippen molar-refractivity contribution in [3.05, 3.63) is 29.8 Å². The first-order valence-corrected chi connectivity index (χ1v) is 8.74. The molecule has 1 saturated carbocycles. The third kappa shape index (κ3) is 4.21. The molecule has 0 spiro atoms. The first-order valence-electron chi connectivity index (χ1n) is 8.74. The Morgan fingerprint density at radius 2 is 1.74 bits per heavy atom. The molecule has 1 aromatic rings. The smallest absolute Gasteiger partial charge is 0.387 e. The van der Waals surface area contributed by atoms with Crippen molar-refractivity contribution in [2.45, 2.75) is 44.8 Å². The van der Waals surface area contributed by atoms with Crippen LogP contribution in [-0.2, 0) is 0 Å². The van der Waals surface area contributed by atoms with Gasteiger partial charge in [-0.2, -0.15) is 8.78 Å². The number of hydrogen-bond acceptors (Lipinski definition) is 3. The zero-order chi connectivity index (χ0) is 16.1. The van der Waals surface area contributed by atoms with E-state index in [0.29, 0.717) is 11.7 Å². The zero-order valence-electron chi connectivity index (χ0n) is 13.5. The van der Waals surface area contributed by atoms with E-state index >= 15 is 0 Å². The molecule has 1 N–H and O–H groups in total. The maximum Gasteiger partial charge on any atom is 0.387 e. The minimum atomic E-state index is -2.77. The number of nitrogens with zero attached hydrogens (tertiary/aromatic N) is 1. The van der Waals surface area contributed by atoms with Crippen LogP contribution >= 0.6 is 0 Å². The second kappa shape index (κ2) is 8.06. The van der Waals surface area contributed by atoms with Gasteiger partial charge in [0.1, 0.15) is 5.75 Å². The summed E-state index contributed by atoms with van der Waals surface area (Å²) in [4.78, 5) is 2.46. The molecule has 3 rings (SSSR count). The van der Waals surface area contributed by atoms with E-state index in [-0.39, 0.29) is 6.04 Å². The van der Waals surface area contributed by atoms with Gasteiger partial charge < -0.3 is 10.1 Å². The van der Waals surface area contributed by atoms with Gasteiger partial charge in [-0.05, 0) is 24.8 Å².